The van der Waals surface area contributed by atoms with Crippen molar-refractivity contribution in [1.82, 2.24) is 15.0 Å². The lowest BCUT2D eigenvalue weighted by molar-refractivity contribution is 0.327. The maximum Gasteiger partial charge on any atom is 0.213 e. The SMILES string of the molecule is CCOc1ccc(NCc2ncc[nH]2)cn1. The van der Waals surface area contributed by atoms with Crippen LogP contribution in [0.4, 0.5) is 5.69 Å². The standard InChI is InChI=1S/C11H14N4O/c1-2-16-11-4-3-9(7-15-11)14-8-10-12-5-6-13-10/h3-7,14H,2,8H2,1H3,(H,12,13). The number of hydrogen-bond donors (Lipinski definition) is 2. The summed E-state index contributed by atoms with van der Waals surface area (Å²) < 4.78 is 5.25. The van der Waals surface area contributed by atoms with Gasteiger partial charge in [-0.25, -0.2) is 9.97 Å². The van der Waals surface area contributed by atoms with Crippen molar-refractivity contribution >= 4 is 5.69 Å². The number of aromatic nitrogens is 3. The summed E-state index contributed by atoms with van der Waals surface area (Å²) in [4.78, 5) is 11.3. The van der Waals surface area contributed by atoms with Crippen LogP contribution >= 0.6 is 0 Å². The Hall–Kier alpha value is -2.04. The van der Waals surface area contributed by atoms with E-state index in [1.807, 2.05) is 19.1 Å². The Balaban J connectivity index is 1.90. The van der Waals surface area contributed by atoms with Crippen LogP contribution in [0.5, 0.6) is 5.88 Å². The fourth-order valence-corrected chi connectivity index (χ4v) is 1.30. The Bertz CT molecular complexity index is 410. The van der Waals surface area contributed by atoms with E-state index in [0.717, 1.165) is 11.5 Å². The molecule has 5 heteroatoms. The average Bonchev–Trinajstić information content (AvgIpc) is 2.82. The lowest BCUT2D eigenvalue weighted by Gasteiger charge is -2.05. The first-order valence-electron chi connectivity index (χ1n) is 5.19. The van der Waals surface area contributed by atoms with Gasteiger partial charge in [-0.15, -0.1) is 0 Å². The zero-order valence-electron chi connectivity index (χ0n) is 9.10. The van der Waals surface area contributed by atoms with Gasteiger partial charge in [0.05, 0.1) is 25.0 Å². The van der Waals surface area contributed by atoms with Gasteiger partial charge in [0.2, 0.25) is 5.88 Å². The summed E-state index contributed by atoms with van der Waals surface area (Å²) in [7, 11) is 0. The monoisotopic (exact) mass is 218 g/mol. The molecule has 2 rings (SSSR count). The zero-order valence-corrected chi connectivity index (χ0v) is 9.10. The predicted molar refractivity (Wildman–Crippen MR) is 61.3 cm³/mol. The quantitative estimate of drug-likeness (QED) is 0.803. The van der Waals surface area contributed by atoms with Crippen LogP contribution in [0.25, 0.3) is 0 Å². The molecule has 0 atom stereocenters. The molecule has 0 fully saturated rings. The van der Waals surface area contributed by atoms with E-state index >= 15 is 0 Å². The van der Waals surface area contributed by atoms with E-state index in [1.54, 1.807) is 18.6 Å². The molecule has 0 radical (unpaired) electrons. The van der Waals surface area contributed by atoms with Crippen LogP contribution in [0.1, 0.15) is 12.7 Å². The third-order valence-corrected chi connectivity index (χ3v) is 2.04. The molecule has 16 heavy (non-hydrogen) atoms. The molecular weight excluding hydrogens is 204 g/mol. The van der Waals surface area contributed by atoms with Gasteiger partial charge in [0, 0.05) is 18.5 Å². The Kier molecular flexibility index (Phi) is 3.38. The number of nitrogens with one attached hydrogen (secondary N) is 2. The number of anilines is 1. The largest absolute Gasteiger partial charge is 0.478 e. The summed E-state index contributed by atoms with van der Waals surface area (Å²) in [5.41, 5.74) is 0.944. The Morgan fingerprint density at radius 3 is 2.94 bits per heavy atom. The van der Waals surface area contributed by atoms with E-state index < -0.39 is 0 Å². The van der Waals surface area contributed by atoms with E-state index in [-0.39, 0.29) is 0 Å². The van der Waals surface area contributed by atoms with Gasteiger partial charge in [0.1, 0.15) is 5.82 Å². The van der Waals surface area contributed by atoms with Gasteiger partial charge >= 0.3 is 0 Å². The third kappa shape index (κ3) is 2.73. The molecule has 0 amide bonds. The molecule has 0 aliphatic carbocycles. The highest BCUT2D eigenvalue weighted by molar-refractivity contribution is 5.41. The van der Waals surface area contributed by atoms with E-state index in [9.17, 15) is 0 Å². The third-order valence-electron chi connectivity index (χ3n) is 2.04. The van der Waals surface area contributed by atoms with E-state index in [1.165, 1.54) is 0 Å². The van der Waals surface area contributed by atoms with Crippen molar-refractivity contribution in [2.75, 3.05) is 11.9 Å². The van der Waals surface area contributed by atoms with Gasteiger partial charge in [0.15, 0.2) is 0 Å². The minimum absolute atomic E-state index is 0.631. The van der Waals surface area contributed by atoms with Crippen LogP contribution in [0.2, 0.25) is 0 Å². The van der Waals surface area contributed by atoms with Gasteiger partial charge in [-0.3, -0.25) is 0 Å². The summed E-state index contributed by atoms with van der Waals surface area (Å²) in [5, 5.41) is 3.20. The highest BCUT2D eigenvalue weighted by Crippen LogP contribution is 2.11. The maximum absolute atomic E-state index is 5.25. The molecule has 0 unspecified atom stereocenters. The molecular formula is C11H14N4O. The zero-order chi connectivity index (χ0) is 11.2. The second-order valence-electron chi connectivity index (χ2n) is 3.21. The van der Waals surface area contributed by atoms with Crippen LogP contribution in [-0.2, 0) is 6.54 Å². The number of hydrogen-bond acceptors (Lipinski definition) is 4. The molecule has 0 bridgehead atoms. The van der Waals surface area contributed by atoms with Gasteiger partial charge in [-0.05, 0) is 13.0 Å². The molecule has 0 spiro atoms. The molecule has 0 aromatic carbocycles. The number of rotatable bonds is 5. The van der Waals surface area contributed by atoms with Gasteiger partial charge in [0.25, 0.3) is 0 Å². The summed E-state index contributed by atoms with van der Waals surface area (Å²) in [6.45, 7) is 3.22. The number of ether oxygens (including phenoxy) is 1. The first-order valence-corrected chi connectivity index (χ1v) is 5.19. The highest BCUT2D eigenvalue weighted by Gasteiger charge is 1.97. The van der Waals surface area contributed by atoms with Crippen LogP contribution in [0, 0.1) is 0 Å². The minimum Gasteiger partial charge on any atom is -0.478 e. The minimum atomic E-state index is 0.631. The average molecular weight is 218 g/mol. The topological polar surface area (TPSA) is 62.8 Å². The van der Waals surface area contributed by atoms with Crippen LogP contribution in [0.15, 0.2) is 30.7 Å². The number of pyridine rings is 1. The second-order valence-corrected chi connectivity index (χ2v) is 3.21. The van der Waals surface area contributed by atoms with Crippen molar-refractivity contribution in [1.29, 1.82) is 0 Å². The Morgan fingerprint density at radius 2 is 2.31 bits per heavy atom. The summed E-state index contributed by atoms with van der Waals surface area (Å²) in [5.74, 6) is 1.54. The molecule has 2 N–H and O–H groups in total. The first kappa shape index (κ1) is 10.5. The van der Waals surface area contributed by atoms with Crippen LogP contribution in [0.3, 0.4) is 0 Å². The molecule has 5 nitrogen and oxygen atoms in total. The Morgan fingerprint density at radius 1 is 1.38 bits per heavy atom. The fourth-order valence-electron chi connectivity index (χ4n) is 1.30. The van der Waals surface area contributed by atoms with Crippen LogP contribution in [-0.4, -0.2) is 21.6 Å². The van der Waals surface area contributed by atoms with E-state index in [0.29, 0.717) is 19.0 Å². The number of imidazole rings is 1. The summed E-state index contributed by atoms with van der Waals surface area (Å²) in [6.07, 6.45) is 5.27. The van der Waals surface area contributed by atoms with E-state index in [2.05, 4.69) is 20.3 Å². The summed E-state index contributed by atoms with van der Waals surface area (Å²) >= 11 is 0. The highest BCUT2D eigenvalue weighted by atomic mass is 16.5. The number of aromatic amines is 1. The van der Waals surface area contributed by atoms with Gasteiger partial charge < -0.3 is 15.0 Å². The Labute approximate surface area is 93.9 Å². The van der Waals surface area contributed by atoms with Crippen molar-refractivity contribution in [2.45, 2.75) is 13.5 Å². The molecule has 2 heterocycles. The lowest BCUT2D eigenvalue weighted by Crippen LogP contribution is -2.02. The number of nitrogens with zero attached hydrogens (tertiary/aromatic N) is 2. The maximum atomic E-state index is 5.25. The van der Waals surface area contributed by atoms with Crippen molar-refractivity contribution in [3.63, 3.8) is 0 Å². The molecule has 0 saturated carbocycles. The van der Waals surface area contributed by atoms with Crippen molar-refractivity contribution in [3.8, 4) is 5.88 Å². The van der Waals surface area contributed by atoms with Crippen LogP contribution < -0.4 is 10.1 Å². The number of H-pyrrole nitrogens is 1. The van der Waals surface area contributed by atoms with Crippen molar-refractivity contribution < 1.29 is 4.74 Å². The van der Waals surface area contributed by atoms with Crippen molar-refractivity contribution in [3.05, 3.63) is 36.5 Å². The molecule has 84 valence electrons. The normalized spacial score (nSPS) is 10.1. The molecule has 2 aromatic heterocycles. The predicted octanol–water partition coefficient (Wildman–Crippen LogP) is 1.82. The molecule has 0 saturated heterocycles. The molecule has 0 aliphatic heterocycles. The lowest BCUT2D eigenvalue weighted by atomic mass is 10.4. The van der Waals surface area contributed by atoms with Crippen molar-refractivity contribution in [2.24, 2.45) is 0 Å². The fraction of sp³-hybridized carbons (Fsp3) is 0.273. The smallest absolute Gasteiger partial charge is 0.213 e. The van der Waals surface area contributed by atoms with E-state index in [4.69, 9.17) is 4.74 Å². The van der Waals surface area contributed by atoms with Gasteiger partial charge in [-0.1, -0.05) is 0 Å². The summed E-state index contributed by atoms with van der Waals surface area (Å²) in [6, 6.07) is 3.77. The second kappa shape index (κ2) is 5.16. The molecule has 0 aliphatic rings. The first-order chi connectivity index (χ1) is 7.88. The molecule has 2 aromatic rings. The van der Waals surface area contributed by atoms with Gasteiger partial charge in [-0.2, -0.15) is 0 Å².